The number of benzene rings is 2. The minimum Gasteiger partial charge on any atom is -0.484 e. The summed E-state index contributed by atoms with van der Waals surface area (Å²) in [4.78, 5) is 22.9. The number of anilines is 1. The summed E-state index contributed by atoms with van der Waals surface area (Å²) >= 11 is 0. The van der Waals surface area contributed by atoms with E-state index in [0.717, 1.165) is 12.1 Å². The molecule has 0 aromatic heterocycles. The Bertz CT molecular complexity index is 910. The van der Waals surface area contributed by atoms with Crippen molar-refractivity contribution in [1.82, 2.24) is 0 Å². The predicted octanol–water partition coefficient (Wildman–Crippen LogP) is 3.29. The summed E-state index contributed by atoms with van der Waals surface area (Å²) in [5.41, 5.74) is 0.786. The second-order valence-electron chi connectivity index (χ2n) is 5.47. The smallest absolute Gasteiger partial charge is 0.341 e. The highest BCUT2D eigenvalue weighted by Crippen LogP contribution is 2.20. The third-order valence-electron chi connectivity index (χ3n) is 3.57. The Hall–Kier alpha value is -2.81. The number of hydrogen-bond donors (Lipinski definition) is 1. The number of sulfone groups is 1. The van der Waals surface area contributed by atoms with E-state index in [4.69, 9.17) is 4.74 Å². The fourth-order valence-corrected chi connectivity index (χ4v) is 2.84. The van der Waals surface area contributed by atoms with Crippen LogP contribution in [0.1, 0.15) is 23.7 Å². The number of carbonyl (C=O) groups is 2. The van der Waals surface area contributed by atoms with Crippen LogP contribution in [-0.2, 0) is 14.6 Å². The summed E-state index contributed by atoms with van der Waals surface area (Å²) in [6.07, 6.45) is 0.389. The van der Waals surface area contributed by atoms with Gasteiger partial charge in [-0.3, -0.25) is 9.59 Å². The van der Waals surface area contributed by atoms with Gasteiger partial charge in [-0.25, -0.2) is 8.42 Å². The lowest BCUT2D eigenvalue weighted by molar-refractivity contribution is -0.118. The average Bonchev–Trinajstić information content (AvgIpc) is 2.66. The summed E-state index contributed by atoms with van der Waals surface area (Å²) in [6, 6.07) is 10.7. The molecule has 0 unspecified atom stereocenters. The van der Waals surface area contributed by atoms with E-state index in [-0.39, 0.29) is 18.1 Å². The minimum absolute atomic E-state index is 0.00315. The second-order valence-corrected chi connectivity index (χ2v) is 7.39. The number of nitrogens with one attached hydrogen (secondary N) is 1. The largest absolute Gasteiger partial charge is 0.484 e. The quantitative estimate of drug-likeness (QED) is 0.691. The van der Waals surface area contributed by atoms with E-state index in [9.17, 15) is 26.8 Å². The summed E-state index contributed by atoms with van der Waals surface area (Å²) in [5.74, 6) is -3.63. The van der Waals surface area contributed by atoms with Gasteiger partial charge in [0.25, 0.3) is 5.91 Å². The highest BCUT2D eigenvalue weighted by atomic mass is 32.2. The summed E-state index contributed by atoms with van der Waals surface area (Å²) in [7, 11) is -4.67. The molecule has 2 rings (SSSR count). The van der Waals surface area contributed by atoms with Crippen molar-refractivity contribution in [3.8, 4) is 5.75 Å². The van der Waals surface area contributed by atoms with Crippen molar-refractivity contribution >= 4 is 27.2 Å². The molecule has 0 spiro atoms. The molecule has 0 aliphatic carbocycles. The van der Waals surface area contributed by atoms with Gasteiger partial charge in [-0.15, -0.1) is 0 Å². The molecule has 0 bridgehead atoms. The van der Waals surface area contributed by atoms with Gasteiger partial charge in [0, 0.05) is 17.7 Å². The van der Waals surface area contributed by atoms with Crippen LogP contribution in [0, 0.1) is 0 Å². The van der Waals surface area contributed by atoms with Crippen molar-refractivity contribution in [3.05, 3.63) is 54.1 Å². The van der Waals surface area contributed by atoms with E-state index in [1.807, 2.05) is 0 Å². The highest BCUT2D eigenvalue weighted by Gasteiger charge is 2.26. The molecule has 0 aliphatic heterocycles. The van der Waals surface area contributed by atoms with Gasteiger partial charge < -0.3 is 10.1 Å². The Labute approximate surface area is 155 Å². The van der Waals surface area contributed by atoms with Crippen molar-refractivity contribution in [3.63, 3.8) is 0 Å². The molecule has 0 saturated carbocycles. The van der Waals surface area contributed by atoms with Crippen LogP contribution in [0.3, 0.4) is 0 Å². The molecule has 27 heavy (non-hydrogen) atoms. The predicted molar refractivity (Wildman–Crippen MR) is 94.8 cm³/mol. The van der Waals surface area contributed by atoms with E-state index in [2.05, 4.69) is 5.32 Å². The molecule has 0 heterocycles. The SMILES string of the molecule is CCC(=O)c1ccc(OCC(=O)Nc2ccc(S(=O)(=O)C(F)F)cc2)cc1. The maximum absolute atomic E-state index is 12.5. The van der Waals surface area contributed by atoms with E-state index < -0.39 is 26.4 Å². The van der Waals surface area contributed by atoms with Gasteiger partial charge in [0.2, 0.25) is 9.84 Å². The number of ether oxygens (including phenoxy) is 1. The normalized spacial score (nSPS) is 11.3. The topological polar surface area (TPSA) is 89.5 Å². The first kappa shape index (κ1) is 20.5. The van der Waals surface area contributed by atoms with Crippen LogP contribution < -0.4 is 10.1 Å². The van der Waals surface area contributed by atoms with Gasteiger partial charge in [-0.05, 0) is 48.5 Å². The van der Waals surface area contributed by atoms with Gasteiger partial charge in [0.1, 0.15) is 5.75 Å². The molecule has 1 amide bonds. The maximum Gasteiger partial charge on any atom is 0.341 e. The van der Waals surface area contributed by atoms with E-state index in [1.54, 1.807) is 31.2 Å². The zero-order valence-electron chi connectivity index (χ0n) is 14.3. The lowest BCUT2D eigenvalue weighted by atomic mass is 10.1. The lowest BCUT2D eigenvalue weighted by Crippen LogP contribution is -2.20. The third kappa shape index (κ3) is 5.33. The minimum atomic E-state index is -4.67. The molecule has 0 saturated heterocycles. The highest BCUT2D eigenvalue weighted by molar-refractivity contribution is 7.91. The maximum atomic E-state index is 12.5. The third-order valence-corrected chi connectivity index (χ3v) is 4.97. The molecule has 0 fully saturated rings. The molecule has 0 atom stereocenters. The number of amides is 1. The second kappa shape index (κ2) is 8.72. The van der Waals surface area contributed by atoms with E-state index >= 15 is 0 Å². The van der Waals surface area contributed by atoms with E-state index in [0.29, 0.717) is 17.7 Å². The van der Waals surface area contributed by atoms with Crippen LogP contribution in [0.4, 0.5) is 14.5 Å². The molecule has 2 aromatic rings. The average molecular weight is 397 g/mol. The zero-order valence-corrected chi connectivity index (χ0v) is 15.1. The number of halogens is 2. The Kier molecular flexibility index (Phi) is 6.62. The number of alkyl halides is 2. The van der Waals surface area contributed by atoms with Gasteiger partial charge in [-0.2, -0.15) is 8.78 Å². The van der Waals surface area contributed by atoms with Crippen molar-refractivity contribution in [1.29, 1.82) is 0 Å². The van der Waals surface area contributed by atoms with Crippen LogP contribution in [0.2, 0.25) is 0 Å². The number of hydrogen-bond acceptors (Lipinski definition) is 5. The summed E-state index contributed by atoms with van der Waals surface area (Å²) in [6.45, 7) is 1.44. The van der Waals surface area contributed by atoms with Crippen LogP contribution in [0.5, 0.6) is 5.75 Å². The number of rotatable bonds is 8. The van der Waals surface area contributed by atoms with Crippen molar-refractivity contribution in [2.24, 2.45) is 0 Å². The van der Waals surface area contributed by atoms with Crippen LogP contribution >= 0.6 is 0 Å². The fraction of sp³-hybridized carbons (Fsp3) is 0.222. The van der Waals surface area contributed by atoms with Gasteiger partial charge in [-0.1, -0.05) is 6.92 Å². The molecule has 144 valence electrons. The number of carbonyl (C=O) groups excluding carboxylic acids is 2. The Morgan fingerprint density at radius 3 is 2.15 bits per heavy atom. The summed E-state index contributed by atoms with van der Waals surface area (Å²) in [5, 5.41) is 2.46. The first-order valence-electron chi connectivity index (χ1n) is 7.92. The number of Topliss-reactive ketones (excluding diaryl/α,β-unsaturated/α-hetero) is 1. The van der Waals surface area contributed by atoms with Gasteiger partial charge in [0.15, 0.2) is 12.4 Å². The fourth-order valence-electron chi connectivity index (χ4n) is 2.12. The molecule has 1 N–H and O–H groups in total. The zero-order chi connectivity index (χ0) is 20.0. The molecule has 6 nitrogen and oxygen atoms in total. The van der Waals surface area contributed by atoms with Gasteiger partial charge >= 0.3 is 5.76 Å². The number of ketones is 1. The molecule has 2 aromatic carbocycles. The molecular formula is C18H17F2NO5S. The van der Waals surface area contributed by atoms with Crippen molar-refractivity contribution in [2.75, 3.05) is 11.9 Å². The Morgan fingerprint density at radius 2 is 1.63 bits per heavy atom. The van der Waals surface area contributed by atoms with Crippen LogP contribution in [-0.4, -0.2) is 32.5 Å². The molecule has 0 aliphatic rings. The summed E-state index contributed by atoms with van der Waals surface area (Å²) < 4.78 is 52.9. The van der Waals surface area contributed by atoms with E-state index in [1.165, 1.54) is 12.1 Å². The molecular weight excluding hydrogens is 380 g/mol. The Balaban J connectivity index is 1.91. The van der Waals surface area contributed by atoms with Gasteiger partial charge in [0.05, 0.1) is 4.90 Å². The molecule has 9 heteroatoms. The lowest BCUT2D eigenvalue weighted by Gasteiger charge is -2.09. The Morgan fingerprint density at radius 1 is 1.04 bits per heavy atom. The van der Waals surface area contributed by atoms with Crippen molar-refractivity contribution in [2.45, 2.75) is 24.0 Å². The molecule has 0 radical (unpaired) electrons. The monoisotopic (exact) mass is 397 g/mol. The van der Waals surface area contributed by atoms with Crippen molar-refractivity contribution < 1.29 is 31.5 Å². The first-order valence-corrected chi connectivity index (χ1v) is 9.46. The first-order chi connectivity index (χ1) is 12.7. The standard InChI is InChI=1S/C18H17F2NO5S/c1-2-16(22)12-3-7-14(8-4-12)26-11-17(23)21-13-5-9-15(10-6-13)27(24,25)18(19)20/h3-10,18H,2,11H2,1H3,(H,21,23). The van der Waals surface area contributed by atoms with Crippen LogP contribution in [0.25, 0.3) is 0 Å². The van der Waals surface area contributed by atoms with Crippen LogP contribution in [0.15, 0.2) is 53.4 Å².